The fourth-order valence-corrected chi connectivity index (χ4v) is 5.29. The van der Waals surface area contributed by atoms with Gasteiger partial charge in [0.1, 0.15) is 12.6 Å². The standard InChI is InChI=1S/C32H52N/c1-4-5-6-7-8-9-10-11-12-13-14-15-16-23-28-32(31-26-21-18-22-27-31)33(2,3)29-30-24-19-17-20-25-30/h17-22,24-27,32H,4-16,23,28-29H2,1-3H3/q+1. The van der Waals surface area contributed by atoms with Crippen molar-refractivity contribution in [3.63, 3.8) is 0 Å². The fraction of sp³-hybridized carbons (Fsp3) is 0.625. The first-order valence-corrected chi connectivity index (χ1v) is 14.0. The van der Waals surface area contributed by atoms with Crippen molar-refractivity contribution in [3.05, 3.63) is 71.8 Å². The number of quaternary nitrogens is 1. The molecule has 0 N–H and O–H groups in total. The Morgan fingerprint density at radius 3 is 1.45 bits per heavy atom. The van der Waals surface area contributed by atoms with Gasteiger partial charge in [0.05, 0.1) is 14.1 Å². The SMILES string of the molecule is CCCCCCCCCCCCCCCCC(c1ccccc1)[N+](C)(C)Cc1ccccc1. The van der Waals surface area contributed by atoms with Crippen molar-refractivity contribution in [2.75, 3.05) is 14.1 Å². The summed E-state index contributed by atoms with van der Waals surface area (Å²) in [6.07, 6.45) is 21.2. The molecule has 0 spiro atoms. The van der Waals surface area contributed by atoms with Crippen LogP contribution in [-0.4, -0.2) is 18.6 Å². The molecular weight excluding hydrogens is 398 g/mol. The lowest BCUT2D eigenvalue weighted by molar-refractivity contribution is -0.934. The minimum absolute atomic E-state index is 0.559. The summed E-state index contributed by atoms with van der Waals surface area (Å²) in [4.78, 5) is 0. The van der Waals surface area contributed by atoms with E-state index >= 15 is 0 Å². The summed E-state index contributed by atoms with van der Waals surface area (Å²) in [6, 6.07) is 22.8. The molecule has 0 aliphatic carbocycles. The molecule has 184 valence electrons. The molecule has 1 nitrogen and oxygen atoms in total. The number of hydrogen-bond donors (Lipinski definition) is 0. The topological polar surface area (TPSA) is 0 Å². The Kier molecular flexibility index (Phi) is 14.2. The number of rotatable bonds is 19. The van der Waals surface area contributed by atoms with Crippen LogP contribution in [0, 0.1) is 0 Å². The van der Waals surface area contributed by atoms with Gasteiger partial charge in [-0.05, 0) is 6.42 Å². The maximum Gasteiger partial charge on any atom is 0.114 e. The Hall–Kier alpha value is -1.60. The van der Waals surface area contributed by atoms with Gasteiger partial charge in [0.15, 0.2) is 0 Å². The second-order valence-electron chi connectivity index (χ2n) is 10.7. The van der Waals surface area contributed by atoms with Crippen LogP contribution in [0.2, 0.25) is 0 Å². The number of unbranched alkanes of at least 4 members (excludes halogenated alkanes) is 13. The van der Waals surface area contributed by atoms with Gasteiger partial charge in [-0.1, -0.05) is 151 Å². The zero-order chi connectivity index (χ0) is 23.6. The van der Waals surface area contributed by atoms with Crippen LogP contribution in [0.5, 0.6) is 0 Å². The average molecular weight is 451 g/mol. The maximum absolute atomic E-state index is 2.41. The monoisotopic (exact) mass is 450 g/mol. The van der Waals surface area contributed by atoms with Crippen molar-refractivity contribution in [3.8, 4) is 0 Å². The first kappa shape index (κ1) is 27.6. The van der Waals surface area contributed by atoms with Gasteiger partial charge >= 0.3 is 0 Å². The van der Waals surface area contributed by atoms with E-state index in [4.69, 9.17) is 0 Å². The highest BCUT2D eigenvalue weighted by Gasteiger charge is 2.29. The predicted molar refractivity (Wildman–Crippen MR) is 146 cm³/mol. The van der Waals surface area contributed by atoms with Crippen LogP contribution in [0.25, 0.3) is 0 Å². The number of nitrogens with zero attached hydrogens (tertiary/aromatic N) is 1. The smallest absolute Gasteiger partial charge is 0.114 e. The van der Waals surface area contributed by atoms with E-state index < -0.39 is 0 Å². The van der Waals surface area contributed by atoms with E-state index in [0.717, 1.165) is 11.0 Å². The highest BCUT2D eigenvalue weighted by Crippen LogP contribution is 2.32. The molecule has 2 aromatic carbocycles. The molecule has 0 aliphatic rings. The van der Waals surface area contributed by atoms with E-state index in [9.17, 15) is 0 Å². The summed E-state index contributed by atoms with van der Waals surface area (Å²) in [5.74, 6) is 0. The zero-order valence-electron chi connectivity index (χ0n) is 22.1. The van der Waals surface area contributed by atoms with Gasteiger partial charge in [-0.15, -0.1) is 0 Å². The lowest BCUT2D eigenvalue weighted by Gasteiger charge is -2.39. The van der Waals surface area contributed by atoms with Crippen molar-refractivity contribution in [2.24, 2.45) is 0 Å². The molecule has 0 saturated heterocycles. The summed E-state index contributed by atoms with van der Waals surface area (Å²) in [7, 11) is 4.82. The predicted octanol–water partition coefficient (Wildman–Crippen LogP) is 9.88. The Balaban J connectivity index is 1.64. The Labute approximate surface area is 206 Å². The summed E-state index contributed by atoms with van der Waals surface area (Å²) in [5.41, 5.74) is 2.93. The molecule has 1 heteroatoms. The van der Waals surface area contributed by atoms with Crippen molar-refractivity contribution >= 4 is 0 Å². The van der Waals surface area contributed by atoms with Crippen molar-refractivity contribution < 1.29 is 4.48 Å². The molecular formula is C32H52N+. The molecule has 0 amide bonds. The van der Waals surface area contributed by atoms with Gasteiger partial charge in [-0.2, -0.15) is 0 Å². The fourth-order valence-electron chi connectivity index (χ4n) is 5.29. The molecule has 2 aromatic rings. The van der Waals surface area contributed by atoms with Crippen molar-refractivity contribution in [1.29, 1.82) is 0 Å². The first-order valence-electron chi connectivity index (χ1n) is 14.0. The summed E-state index contributed by atoms with van der Waals surface area (Å²) < 4.78 is 1.02. The number of benzene rings is 2. The molecule has 0 heterocycles. The normalized spacial score (nSPS) is 12.7. The molecule has 2 rings (SSSR count). The Morgan fingerprint density at radius 1 is 0.545 bits per heavy atom. The number of hydrogen-bond acceptors (Lipinski definition) is 0. The molecule has 1 unspecified atom stereocenters. The van der Waals surface area contributed by atoms with Gasteiger partial charge < -0.3 is 4.48 Å². The van der Waals surface area contributed by atoms with E-state index in [2.05, 4.69) is 81.7 Å². The highest BCUT2D eigenvalue weighted by atomic mass is 15.3. The first-order chi connectivity index (χ1) is 16.1. The summed E-state index contributed by atoms with van der Waals surface area (Å²) >= 11 is 0. The third-order valence-corrected chi connectivity index (χ3v) is 7.29. The van der Waals surface area contributed by atoms with Crippen LogP contribution in [0.15, 0.2) is 60.7 Å². The third-order valence-electron chi connectivity index (χ3n) is 7.29. The van der Waals surface area contributed by atoms with E-state index in [1.165, 1.54) is 107 Å². The molecule has 33 heavy (non-hydrogen) atoms. The molecule has 0 bridgehead atoms. The second-order valence-corrected chi connectivity index (χ2v) is 10.7. The third kappa shape index (κ3) is 11.9. The lowest BCUT2D eigenvalue weighted by Crippen LogP contribution is -2.42. The van der Waals surface area contributed by atoms with E-state index in [1.54, 1.807) is 0 Å². The molecule has 0 aromatic heterocycles. The molecule has 0 fully saturated rings. The Bertz CT molecular complexity index is 691. The van der Waals surface area contributed by atoms with Crippen LogP contribution in [0.1, 0.15) is 120 Å². The van der Waals surface area contributed by atoms with Gasteiger partial charge in [0.2, 0.25) is 0 Å². The van der Waals surface area contributed by atoms with Crippen LogP contribution >= 0.6 is 0 Å². The van der Waals surface area contributed by atoms with Crippen LogP contribution in [-0.2, 0) is 6.54 Å². The van der Waals surface area contributed by atoms with Crippen molar-refractivity contribution in [2.45, 2.75) is 116 Å². The van der Waals surface area contributed by atoms with Crippen molar-refractivity contribution in [1.82, 2.24) is 0 Å². The largest absolute Gasteiger partial charge is 0.319 e. The molecule has 1 atom stereocenters. The molecule has 0 radical (unpaired) electrons. The molecule has 0 aliphatic heterocycles. The summed E-state index contributed by atoms with van der Waals surface area (Å²) in [5, 5.41) is 0. The minimum atomic E-state index is 0.559. The van der Waals surface area contributed by atoms with E-state index in [0.29, 0.717) is 6.04 Å². The second kappa shape index (κ2) is 16.9. The highest BCUT2D eigenvalue weighted by molar-refractivity contribution is 5.18. The van der Waals surface area contributed by atoms with E-state index in [-0.39, 0.29) is 0 Å². The summed E-state index contributed by atoms with van der Waals surface area (Å²) in [6.45, 7) is 3.38. The van der Waals surface area contributed by atoms with Gasteiger partial charge in [-0.3, -0.25) is 0 Å². The maximum atomic E-state index is 2.41. The zero-order valence-corrected chi connectivity index (χ0v) is 22.1. The van der Waals surface area contributed by atoms with E-state index in [1.807, 2.05) is 0 Å². The van der Waals surface area contributed by atoms with Crippen LogP contribution < -0.4 is 0 Å². The lowest BCUT2D eigenvalue weighted by atomic mass is 9.96. The quantitative estimate of drug-likeness (QED) is 0.147. The average Bonchev–Trinajstić information content (AvgIpc) is 2.82. The van der Waals surface area contributed by atoms with Gasteiger partial charge in [0.25, 0.3) is 0 Å². The minimum Gasteiger partial charge on any atom is -0.319 e. The van der Waals surface area contributed by atoms with Gasteiger partial charge in [-0.25, -0.2) is 0 Å². The van der Waals surface area contributed by atoms with Gasteiger partial charge in [0, 0.05) is 17.5 Å². The molecule has 0 saturated carbocycles. The Morgan fingerprint density at radius 2 is 0.970 bits per heavy atom. The van der Waals surface area contributed by atoms with Crippen LogP contribution in [0.3, 0.4) is 0 Å². The van der Waals surface area contributed by atoms with Crippen LogP contribution in [0.4, 0.5) is 0 Å².